The van der Waals surface area contributed by atoms with Gasteiger partial charge in [-0.2, -0.15) is 15.2 Å². The SMILES string of the molecule is CN1CCC[C@H]1COc1nc2c(c(N3CCN(C(=O)/C=C/n4cnc(C(N)=O)c4)[C@@H](CC#N)C3)n1)CCN(c1cccc3cccc(Cl)c13)C2. The number of aromatic nitrogens is 4. The summed E-state index contributed by atoms with van der Waals surface area (Å²) >= 11 is 6.73. The van der Waals surface area contributed by atoms with E-state index in [2.05, 4.69) is 57.1 Å². The average molecular weight is 695 g/mol. The Labute approximate surface area is 295 Å². The normalized spacial score (nSPS) is 19.6. The third kappa shape index (κ3) is 6.81. The van der Waals surface area contributed by atoms with Crippen molar-refractivity contribution in [2.75, 3.05) is 56.2 Å². The van der Waals surface area contributed by atoms with Gasteiger partial charge < -0.3 is 34.6 Å². The Hall–Kier alpha value is -5.19. The number of carbonyl (C=O) groups is 2. The molecule has 0 radical (unpaired) electrons. The van der Waals surface area contributed by atoms with Crippen molar-refractivity contribution in [2.45, 2.75) is 44.3 Å². The Balaban J connectivity index is 1.16. The molecule has 2 saturated heterocycles. The second kappa shape index (κ2) is 14.3. The van der Waals surface area contributed by atoms with Crippen LogP contribution in [0.1, 0.15) is 41.0 Å². The van der Waals surface area contributed by atoms with E-state index in [1.807, 2.05) is 12.1 Å². The van der Waals surface area contributed by atoms with Crippen LogP contribution in [0.25, 0.3) is 17.0 Å². The molecule has 258 valence electrons. The minimum absolute atomic E-state index is 0.105. The molecular weight excluding hydrogens is 656 g/mol. The summed E-state index contributed by atoms with van der Waals surface area (Å²) in [5, 5.41) is 12.6. The fourth-order valence-electron chi connectivity index (χ4n) is 7.23. The van der Waals surface area contributed by atoms with E-state index in [0.29, 0.717) is 56.3 Å². The number of likely N-dealkylation sites (N-methyl/N-ethyl adjacent to an activating group) is 1. The van der Waals surface area contributed by atoms with E-state index >= 15 is 0 Å². The molecule has 3 aliphatic rings. The zero-order valence-corrected chi connectivity index (χ0v) is 28.7. The number of anilines is 2. The molecule has 2 fully saturated rings. The van der Waals surface area contributed by atoms with Gasteiger partial charge in [0.2, 0.25) is 5.91 Å². The second-order valence-corrected chi connectivity index (χ2v) is 13.4. The number of rotatable bonds is 9. The van der Waals surface area contributed by atoms with E-state index in [4.69, 9.17) is 32.0 Å². The molecule has 0 aliphatic carbocycles. The number of hydrogen-bond donors (Lipinski definition) is 1. The van der Waals surface area contributed by atoms with Gasteiger partial charge in [0.1, 0.15) is 18.1 Å². The summed E-state index contributed by atoms with van der Waals surface area (Å²) in [6.45, 7) is 4.20. The number of nitrogens with two attached hydrogens (primary N) is 1. The number of amides is 2. The zero-order chi connectivity index (χ0) is 34.8. The van der Waals surface area contributed by atoms with Crippen LogP contribution in [0.5, 0.6) is 6.01 Å². The minimum Gasteiger partial charge on any atom is -0.462 e. The van der Waals surface area contributed by atoms with E-state index in [0.717, 1.165) is 59.5 Å². The highest BCUT2D eigenvalue weighted by molar-refractivity contribution is 6.36. The predicted octanol–water partition coefficient (Wildman–Crippen LogP) is 3.72. The van der Waals surface area contributed by atoms with E-state index in [1.54, 1.807) is 4.90 Å². The molecule has 2 atom stereocenters. The van der Waals surface area contributed by atoms with Crippen molar-refractivity contribution in [3.05, 3.63) is 77.0 Å². The molecule has 50 heavy (non-hydrogen) atoms. The van der Waals surface area contributed by atoms with Crippen molar-refractivity contribution in [3.63, 3.8) is 0 Å². The van der Waals surface area contributed by atoms with Gasteiger partial charge in [-0.25, -0.2) is 4.98 Å². The number of hydrogen-bond acceptors (Lipinski definition) is 10. The van der Waals surface area contributed by atoms with Crippen LogP contribution in [0.2, 0.25) is 5.02 Å². The summed E-state index contributed by atoms with van der Waals surface area (Å²) in [7, 11) is 2.12. The maximum Gasteiger partial charge on any atom is 0.318 e. The highest BCUT2D eigenvalue weighted by Gasteiger charge is 2.34. The molecule has 2 N–H and O–H groups in total. The van der Waals surface area contributed by atoms with E-state index in [1.165, 1.54) is 29.4 Å². The van der Waals surface area contributed by atoms with Gasteiger partial charge in [0.05, 0.1) is 42.1 Å². The number of ether oxygens (including phenoxy) is 1. The molecule has 5 heterocycles. The van der Waals surface area contributed by atoms with Gasteiger partial charge >= 0.3 is 6.01 Å². The molecule has 0 saturated carbocycles. The molecule has 3 aliphatic heterocycles. The van der Waals surface area contributed by atoms with Crippen LogP contribution in [0.4, 0.5) is 11.5 Å². The summed E-state index contributed by atoms with van der Waals surface area (Å²) in [6, 6.07) is 14.7. The molecule has 2 aromatic heterocycles. The molecule has 7 rings (SSSR count). The van der Waals surface area contributed by atoms with Crippen LogP contribution in [-0.4, -0.2) is 99.6 Å². The second-order valence-electron chi connectivity index (χ2n) is 13.0. The molecule has 0 spiro atoms. The topological polar surface area (TPSA) is 150 Å². The molecule has 13 nitrogen and oxygen atoms in total. The first-order chi connectivity index (χ1) is 24.3. The van der Waals surface area contributed by atoms with Crippen molar-refractivity contribution in [3.8, 4) is 12.1 Å². The number of nitriles is 1. The van der Waals surface area contributed by atoms with Crippen molar-refractivity contribution in [1.82, 2.24) is 29.3 Å². The molecule has 2 aromatic carbocycles. The van der Waals surface area contributed by atoms with E-state index in [-0.39, 0.29) is 24.1 Å². The van der Waals surface area contributed by atoms with Gasteiger partial charge in [-0.15, -0.1) is 0 Å². The molecular formula is C36H39ClN10O3. The summed E-state index contributed by atoms with van der Waals surface area (Å²) < 4.78 is 7.82. The molecule has 0 bridgehead atoms. The maximum atomic E-state index is 13.4. The van der Waals surface area contributed by atoms with Crippen LogP contribution in [0.15, 0.2) is 55.0 Å². The average Bonchev–Trinajstić information content (AvgIpc) is 3.78. The smallest absolute Gasteiger partial charge is 0.318 e. The number of primary amides is 1. The van der Waals surface area contributed by atoms with Crippen LogP contribution in [0.3, 0.4) is 0 Å². The Morgan fingerprint density at radius 3 is 2.70 bits per heavy atom. The Morgan fingerprint density at radius 2 is 1.94 bits per heavy atom. The quantitative estimate of drug-likeness (QED) is 0.257. The third-order valence-corrected chi connectivity index (χ3v) is 10.2. The molecule has 0 unspecified atom stereocenters. The highest BCUT2D eigenvalue weighted by Crippen LogP contribution is 2.37. The van der Waals surface area contributed by atoms with Crippen LogP contribution in [0, 0.1) is 11.3 Å². The van der Waals surface area contributed by atoms with Gasteiger partial charge in [0, 0.05) is 67.3 Å². The molecule has 4 aromatic rings. The largest absolute Gasteiger partial charge is 0.462 e. The summed E-state index contributed by atoms with van der Waals surface area (Å²) in [4.78, 5) is 47.2. The fourth-order valence-corrected chi connectivity index (χ4v) is 7.51. The number of halogens is 1. The predicted molar refractivity (Wildman–Crippen MR) is 191 cm³/mol. The lowest BCUT2D eigenvalue weighted by Crippen LogP contribution is -2.55. The summed E-state index contributed by atoms with van der Waals surface area (Å²) in [5.74, 6) is -0.0907. The van der Waals surface area contributed by atoms with Crippen LogP contribution in [-0.2, 0) is 17.8 Å². The molecule has 14 heteroatoms. The Bertz CT molecular complexity index is 1990. The zero-order valence-electron chi connectivity index (χ0n) is 27.9. The number of piperazine rings is 1. The molecule has 2 amide bonds. The Morgan fingerprint density at radius 1 is 1.10 bits per heavy atom. The van der Waals surface area contributed by atoms with Crippen molar-refractivity contribution in [1.29, 1.82) is 5.26 Å². The first kappa shape index (κ1) is 33.3. The standard InChI is InChI=1S/C36H39ClN10O3/c1-43-14-4-7-26(43)22-50-36-41-29-21-45(31-9-3-6-24-5-2-8-28(37)33(24)31)16-11-27(29)35(42-36)46-17-18-47(25(19-46)10-13-38)32(48)12-15-44-20-30(34(39)49)40-23-44/h2-3,5-6,8-9,12,15,20,23,25-26H,4,7,10-11,14,16-19,21-22H2,1H3,(H2,39,49)/b15-12+/t25-,26-/m0/s1. The van der Waals surface area contributed by atoms with Crippen molar-refractivity contribution < 1.29 is 14.3 Å². The van der Waals surface area contributed by atoms with E-state index in [9.17, 15) is 14.9 Å². The number of nitrogens with zero attached hydrogens (tertiary/aromatic N) is 9. The number of benzene rings is 2. The number of imidazole rings is 1. The first-order valence-electron chi connectivity index (χ1n) is 16.9. The lowest BCUT2D eigenvalue weighted by molar-refractivity contribution is -0.128. The summed E-state index contributed by atoms with van der Waals surface area (Å²) in [5.41, 5.74) is 8.42. The van der Waals surface area contributed by atoms with Gasteiger partial charge in [0.15, 0.2) is 0 Å². The number of likely N-dealkylation sites (tertiary alicyclic amines) is 1. The fraction of sp³-hybridized carbons (Fsp3) is 0.389. The van der Waals surface area contributed by atoms with Gasteiger partial charge in [0.25, 0.3) is 5.91 Å². The first-order valence-corrected chi connectivity index (χ1v) is 17.3. The van der Waals surface area contributed by atoms with Gasteiger partial charge in [-0.05, 0) is 50.4 Å². The lowest BCUT2D eigenvalue weighted by atomic mass is 10.0. The Kier molecular flexibility index (Phi) is 9.56. The minimum atomic E-state index is -0.648. The monoisotopic (exact) mass is 694 g/mol. The summed E-state index contributed by atoms with van der Waals surface area (Å²) in [6.07, 6.45) is 8.88. The highest BCUT2D eigenvalue weighted by atomic mass is 35.5. The van der Waals surface area contributed by atoms with Crippen molar-refractivity contribution >= 4 is 51.9 Å². The van der Waals surface area contributed by atoms with Crippen LogP contribution < -0.4 is 20.3 Å². The lowest BCUT2D eigenvalue weighted by Gasteiger charge is -2.42. The van der Waals surface area contributed by atoms with E-state index < -0.39 is 5.91 Å². The maximum absolute atomic E-state index is 13.4. The third-order valence-electron chi connectivity index (χ3n) is 9.91. The number of fused-ring (bicyclic) bond motifs is 2. The van der Waals surface area contributed by atoms with Gasteiger partial charge in [-0.1, -0.05) is 35.9 Å². The van der Waals surface area contributed by atoms with Crippen molar-refractivity contribution in [2.24, 2.45) is 5.73 Å². The number of carbonyl (C=O) groups excluding carboxylic acids is 2. The van der Waals surface area contributed by atoms with Crippen LogP contribution >= 0.6 is 11.6 Å². The van der Waals surface area contributed by atoms with Gasteiger partial charge in [-0.3, -0.25) is 9.59 Å².